The van der Waals surface area contributed by atoms with Gasteiger partial charge in [-0.05, 0) is 50.1 Å². The number of halogens is 2. The molecule has 0 radical (unpaired) electrons. The fourth-order valence-electron chi connectivity index (χ4n) is 3.97. The van der Waals surface area contributed by atoms with Crippen LogP contribution in [0.3, 0.4) is 0 Å². The summed E-state index contributed by atoms with van der Waals surface area (Å²) in [6.07, 6.45) is 6.00. The number of fused-ring (bicyclic) bond motifs is 1. The lowest BCUT2D eigenvalue weighted by molar-refractivity contribution is 0.0826. The van der Waals surface area contributed by atoms with Crippen LogP contribution in [0.1, 0.15) is 35.0 Å². The van der Waals surface area contributed by atoms with E-state index >= 15 is 0 Å². The Balaban J connectivity index is 1.75. The average molecular weight is 466 g/mol. The van der Waals surface area contributed by atoms with Gasteiger partial charge in [-0.1, -0.05) is 11.6 Å². The third kappa shape index (κ3) is 3.85. The Morgan fingerprint density at radius 3 is 2.76 bits per heavy atom. The van der Waals surface area contributed by atoms with Crippen LogP contribution in [0.2, 0.25) is 5.02 Å². The molecule has 3 aromatic heterocycles. The van der Waals surface area contributed by atoms with E-state index in [1.165, 1.54) is 16.5 Å². The van der Waals surface area contributed by atoms with Crippen LogP contribution in [0.15, 0.2) is 47.5 Å². The van der Waals surface area contributed by atoms with E-state index in [9.17, 15) is 9.18 Å². The van der Waals surface area contributed by atoms with Crippen LogP contribution in [-0.2, 0) is 11.8 Å². The molecule has 4 aromatic rings. The zero-order chi connectivity index (χ0) is 23.3. The van der Waals surface area contributed by atoms with Gasteiger partial charge in [0.05, 0.1) is 24.1 Å². The molecule has 1 unspecified atom stereocenters. The van der Waals surface area contributed by atoms with E-state index in [-0.39, 0.29) is 28.1 Å². The molecule has 0 bridgehead atoms. The lowest BCUT2D eigenvalue weighted by atomic mass is 10.0. The molecule has 1 atom stereocenters. The van der Waals surface area contributed by atoms with Gasteiger partial charge in [-0.3, -0.25) is 9.48 Å². The van der Waals surface area contributed by atoms with E-state index in [1.54, 1.807) is 36.9 Å². The molecule has 0 N–H and O–H groups in total. The smallest absolute Gasteiger partial charge is 0.262 e. The summed E-state index contributed by atoms with van der Waals surface area (Å²) in [6.45, 7) is 3.98. The number of hydrogen-bond acceptors (Lipinski definition) is 5. The molecule has 0 amide bonds. The first-order chi connectivity index (χ1) is 15.8. The lowest BCUT2D eigenvalue weighted by Gasteiger charge is -2.22. The Kier molecular flexibility index (Phi) is 5.34. The lowest BCUT2D eigenvalue weighted by Crippen LogP contribution is -2.23. The monoisotopic (exact) mass is 465 g/mol. The molecule has 0 saturated heterocycles. The van der Waals surface area contributed by atoms with Crippen LogP contribution in [0.25, 0.3) is 22.6 Å². The number of rotatable bonds is 3. The highest BCUT2D eigenvalue weighted by Gasteiger charge is 2.22. The Hall–Kier alpha value is -3.36. The molecule has 0 aliphatic carbocycles. The Morgan fingerprint density at radius 1 is 1.21 bits per heavy atom. The van der Waals surface area contributed by atoms with Gasteiger partial charge in [-0.15, -0.1) is 0 Å². The molecule has 0 fully saturated rings. The summed E-state index contributed by atoms with van der Waals surface area (Å²) in [5.41, 5.74) is 3.88. The summed E-state index contributed by atoms with van der Waals surface area (Å²) >= 11 is 5.96. The highest BCUT2D eigenvalue weighted by Crippen LogP contribution is 2.32. The largest absolute Gasteiger partial charge is 0.369 e. The molecule has 33 heavy (non-hydrogen) atoms. The van der Waals surface area contributed by atoms with E-state index in [0.29, 0.717) is 35.6 Å². The summed E-state index contributed by atoms with van der Waals surface area (Å²) in [6, 6.07) is 6.08. The van der Waals surface area contributed by atoms with Gasteiger partial charge in [-0.2, -0.15) is 5.10 Å². The first kappa shape index (κ1) is 21.5. The van der Waals surface area contributed by atoms with Crippen LogP contribution < -0.4 is 5.56 Å². The van der Waals surface area contributed by atoms with Gasteiger partial charge in [0.1, 0.15) is 17.6 Å². The maximum atomic E-state index is 14.9. The number of hydrogen-bond donors (Lipinski definition) is 0. The van der Waals surface area contributed by atoms with Crippen molar-refractivity contribution in [1.29, 1.82) is 0 Å². The van der Waals surface area contributed by atoms with Crippen LogP contribution in [0.5, 0.6) is 0 Å². The maximum absolute atomic E-state index is 14.9. The first-order valence-electron chi connectivity index (χ1n) is 10.5. The minimum absolute atomic E-state index is 0.176. The second-order valence-corrected chi connectivity index (χ2v) is 8.53. The van der Waals surface area contributed by atoms with Gasteiger partial charge in [0.2, 0.25) is 0 Å². The van der Waals surface area contributed by atoms with E-state index in [4.69, 9.17) is 21.3 Å². The molecule has 4 heterocycles. The Labute approximate surface area is 194 Å². The second kappa shape index (κ2) is 8.20. The molecule has 1 aliphatic heterocycles. The number of aromatic nitrogens is 5. The fourth-order valence-corrected chi connectivity index (χ4v) is 4.13. The molecular formula is C24H21ClFN5O2. The summed E-state index contributed by atoms with van der Waals surface area (Å²) in [4.78, 5) is 22.5. The van der Waals surface area contributed by atoms with Crippen molar-refractivity contribution in [1.82, 2.24) is 24.1 Å². The molecule has 0 saturated carbocycles. The first-order valence-corrected chi connectivity index (χ1v) is 10.9. The number of nitrogens with zero attached hydrogens (tertiary/aromatic N) is 5. The molecule has 168 valence electrons. The van der Waals surface area contributed by atoms with E-state index < -0.39 is 5.82 Å². The summed E-state index contributed by atoms with van der Waals surface area (Å²) in [5, 5.41) is 4.48. The van der Waals surface area contributed by atoms with E-state index in [0.717, 1.165) is 11.1 Å². The third-order valence-corrected chi connectivity index (χ3v) is 6.09. The SMILES string of the molecule is Cc1nc2cc(C3=CC(c4cnn(C)c4)OCC3)nc(-c3ccc(Cl)cc3F)n2c(=O)c1C. The van der Waals surface area contributed by atoms with Crippen molar-refractivity contribution in [3.05, 3.63) is 86.4 Å². The molecule has 7 nitrogen and oxygen atoms in total. The van der Waals surface area contributed by atoms with Crippen LogP contribution in [0, 0.1) is 19.7 Å². The number of ether oxygens (including phenoxy) is 1. The van der Waals surface area contributed by atoms with Gasteiger partial charge in [0, 0.05) is 41.2 Å². The van der Waals surface area contributed by atoms with Crippen molar-refractivity contribution >= 4 is 22.8 Å². The standard InChI is InChI=1S/C24H21ClFN5O2/c1-13-14(2)28-22-10-20(15-6-7-33-21(8-15)16-11-27-30(3)12-16)29-23(31(22)24(13)32)18-5-4-17(25)9-19(18)26/h4-5,8-12,21H,6-7H2,1-3H3. The predicted octanol–water partition coefficient (Wildman–Crippen LogP) is 4.44. The molecule has 1 aromatic carbocycles. The molecule has 1 aliphatic rings. The topological polar surface area (TPSA) is 74.3 Å². The van der Waals surface area contributed by atoms with Crippen molar-refractivity contribution < 1.29 is 9.13 Å². The highest BCUT2D eigenvalue weighted by molar-refractivity contribution is 6.30. The highest BCUT2D eigenvalue weighted by atomic mass is 35.5. The summed E-state index contributed by atoms with van der Waals surface area (Å²) in [5.74, 6) is -0.379. The van der Waals surface area contributed by atoms with Crippen molar-refractivity contribution in [3.63, 3.8) is 0 Å². The quantitative estimate of drug-likeness (QED) is 0.447. The molecule has 5 rings (SSSR count). The zero-order valence-electron chi connectivity index (χ0n) is 18.3. The number of aryl methyl sites for hydroxylation is 2. The average Bonchev–Trinajstić information content (AvgIpc) is 3.23. The number of benzene rings is 1. The molecule has 9 heteroatoms. The third-order valence-electron chi connectivity index (χ3n) is 5.86. The van der Waals surface area contributed by atoms with Crippen molar-refractivity contribution in [3.8, 4) is 11.4 Å². The van der Waals surface area contributed by atoms with Crippen LogP contribution >= 0.6 is 11.6 Å². The summed E-state index contributed by atoms with van der Waals surface area (Å²) < 4.78 is 23.9. The van der Waals surface area contributed by atoms with Crippen molar-refractivity contribution in [2.24, 2.45) is 7.05 Å². The zero-order valence-corrected chi connectivity index (χ0v) is 19.1. The van der Waals surface area contributed by atoms with Gasteiger partial charge >= 0.3 is 0 Å². The van der Waals surface area contributed by atoms with Gasteiger partial charge < -0.3 is 4.74 Å². The second-order valence-electron chi connectivity index (χ2n) is 8.09. The maximum Gasteiger partial charge on any atom is 0.262 e. The van der Waals surface area contributed by atoms with E-state index in [2.05, 4.69) is 10.1 Å². The van der Waals surface area contributed by atoms with Crippen molar-refractivity contribution in [2.45, 2.75) is 26.4 Å². The fraction of sp³-hybridized carbons (Fsp3) is 0.250. The Bertz CT molecular complexity index is 1490. The minimum atomic E-state index is -0.562. The van der Waals surface area contributed by atoms with Gasteiger partial charge in [0.25, 0.3) is 5.56 Å². The predicted molar refractivity (Wildman–Crippen MR) is 124 cm³/mol. The Morgan fingerprint density at radius 2 is 2.03 bits per heavy atom. The van der Waals surface area contributed by atoms with Crippen LogP contribution in [0.4, 0.5) is 4.39 Å². The van der Waals surface area contributed by atoms with Crippen molar-refractivity contribution in [2.75, 3.05) is 6.61 Å². The summed E-state index contributed by atoms with van der Waals surface area (Å²) in [7, 11) is 1.85. The van der Waals surface area contributed by atoms with Gasteiger partial charge in [0.15, 0.2) is 5.82 Å². The van der Waals surface area contributed by atoms with E-state index in [1.807, 2.05) is 19.3 Å². The normalized spacial score (nSPS) is 16.3. The van der Waals surface area contributed by atoms with Crippen LogP contribution in [-0.4, -0.2) is 30.8 Å². The van der Waals surface area contributed by atoms with Gasteiger partial charge in [-0.25, -0.2) is 18.8 Å². The minimum Gasteiger partial charge on any atom is -0.369 e. The molecule has 0 spiro atoms. The molecular weight excluding hydrogens is 445 g/mol.